The number of nitrogens with zero attached hydrogens (tertiary/aromatic N) is 2. The van der Waals surface area contributed by atoms with Gasteiger partial charge in [0, 0.05) is 6.20 Å². The molecule has 2 unspecified atom stereocenters. The van der Waals surface area contributed by atoms with E-state index < -0.39 is 11.1 Å². The Balaban J connectivity index is 1.61. The smallest absolute Gasteiger partial charge is 0.246 e. The van der Waals surface area contributed by atoms with Crippen molar-refractivity contribution in [3.63, 3.8) is 0 Å². The van der Waals surface area contributed by atoms with Crippen LogP contribution in [0.25, 0.3) is 0 Å². The van der Waals surface area contributed by atoms with Gasteiger partial charge in [0.1, 0.15) is 5.67 Å². The van der Waals surface area contributed by atoms with Crippen molar-refractivity contribution in [3.8, 4) is 0 Å². The molecule has 4 nitrogen and oxygen atoms in total. The zero-order chi connectivity index (χ0) is 13.1. The molecule has 19 heavy (non-hydrogen) atoms. The van der Waals surface area contributed by atoms with E-state index in [9.17, 15) is 9.18 Å². The second-order valence-corrected chi connectivity index (χ2v) is 6.78. The Morgan fingerprint density at radius 1 is 1.32 bits per heavy atom. The Morgan fingerprint density at radius 2 is 2.05 bits per heavy atom. The highest BCUT2D eigenvalue weighted by Crippen LogP contribution is 2.63. The molecule has 4 saturated carbocycles. The lowest BCUT2D eigenvalue weighted by Crippen LogP contribution is -2.58. The summed E-state index contributed by atoms with van der Waals surface area (Å²) in [6.45, 7) is 0. The number of alkyl halides is 1. The van der Waals surface area contributed by atoms with E-state index in [0.29, 0.717) is 31.1 Å². The third-order valence-electron chi connectivity index (χ3n) is 5.19. The van der Waals surface area contributed by atoms with Crippen LogP contribution in [0.5, 0.6) is 0 Å². The molecule has 2 atom stereocenters. The van der Waals surface area contributed by atoms with Crippen LogP contribution in [0, 0.1) is 17.3 Å². The van der Waals surface area contributed by atoms with Gasteiger partial charge in [0.05, 0.1) is 11.6 Å². The lowest BCUT2D eigenvalue weighted by Gasteiger charge is -2.58. The second kappa shape index (κ2) is 3.58. The Hall–Kier alpha value is -1.39. The molecular weight excluding hydrogens is 245 g/mol. The van der Waals surface area contributed by atoms with Crippen molar-refractivity contribution in [2.45, 2.75) is 44.2 Å². The van der Waals surface area contributed by atoms with E-state index in [1.54, 1.807) is 18.5 Å². The average Bonchev–Trinajstić information content (AvgIpc) is 2.78. The standard InChI is InChI=1S/C14H18FN3O/c15-14-7-10-4-11(8-14)6-13(5-10,9-14)12(19)17-18-3-1-2-16-18/h1-3,10-11H,4-9H2,(H,17,19). The molecule has 5 heteroatoms. The average molecular weight is 263 g/mol. The van der Waals surface area contributed by atoms with Crippen molar-refractivity contribution < 1.29 is 9.18 Å². The lowest BCUT2D eigenvalue weighted by molar-refractivity contribution is -0.156. The molecule has 0 saturated heterocycles. The molecular formula is C14H18FN3O. The fourth-order valence-electron chi connectivity index (χ4n) is 4.97. The monoisotopic (exact) mass is 263 g/mol. The quantitative estimate of drug-likeness (QED) is 0.889. The molecule has 1 heterocycles. The van der Waals surface area contributed by atoms with E-state index in [2.05, 4.69) is 10.5 Å². The number of hydrogen-bond acceptors (Lipinski definition) is 2. The van der Waals surface area contributed by atoms with Crippen LogP contribution < -0.4 is 5.43 Å². The maximum Gasteiger partial charge on any atom is 0.246 e. The van der Waals surface area contributed by atoms with Crippen molar-refractivity contribution in [1.29, 1.82) is 0 Å². The third kappa shape index (κ3) is 1.70. The normalized spacial score (nSPS) is 43.4. The van der Waals surface area contributed by atoms with Gasteiger partial charge in [-0.05, 0) is 56.4 Å². The van der Waals surface area contributed by atoms with Crippen LogP contribution in [0.4, 0.5) is 4.39 Å². The minimum atomic E-state index is -1.09. The van der Waals surface area contributed by atoms with Gasteiger partial charge >= 0.3 is 0 Å². The molecule has 1 aromatic rings. The van der Waals surface area contributed by atoms with Crippen molar-refractivity contribution in [1.82, 2.24) is 9.89 Å². The summed E-state index contributed by atoms with van der Waals surface area (Å²) < 4.78 is 14.8. The first-order valence-electron chi connectivity index (χ1n) is 7.07. The molecule has 1 N–H and O–H groups in total. The maximum absolute atomic E-state index is 14.8. The predicted molar refractivity (Wildman–Crippen MR) is 67.5 cm³/mol. The first-order chi connectivity index (χ1) is 9.07. The molecule has 4 aliphatic rings. The minimum Gasteiger partial charge on any atom is -0.273 e. The zero-order valence-corrected chi connectivity index (χ0v) is 10.8. The summed E-state index contributed by atoms with van der Waals surface area (Å²) in [6, 6.07) is 1.76. The third-order valence-corrected chi connectivity index (χ3v) is 5.19. The lowest BCUT2D eigenvalue weighted by atomic mass is 9.48. The van der Waals surface area contributed by atoms with Crippen molar-refractivity contribution >= 4 is 5.91 Å². The topological polar surface area (TPSA) is 46.9 Å². The molecule has 0 spiro atoms. The number of amides is 1. The van der Waals surface area contributed by atoms with Crippen LogP contribution in [0.2, 0.25) is 0 Å². The fourth-order valence-corrected chi connectivity index (χ4v) is 4.97. The Labute approximate surface area is 111 Å². The number of aromatic nitrogens is 2. The second-order valence-electron chi connectivity index (χ2n) is 6.78. The molecule has 0 aromatic carbocycles. The van der Waals surface area contributed by atoms with E-state index in [0.717, 1.165) is 19.3 Å². The number of carbonyl (C=O) groups is 1. The van der Waals surface area contributed by atoms with Gasteiger partial charge in [0.25, 0.3) is 0 Å². The van der Waals surface area contributed by atoms with Crippen molar-refractivity contribution in [3.05, 3.63) is 18.5 Å². The van der Waals surface area contributed by atoms with Gasteiger partial charge in [0.2, 0.25) is 5.91 Å². The van der Waals surface area contributed by atoms with Gasteiger partial charge in [-0.3, -0.25) is 4.79 Å². The van der Waals surface area contributed by atoms with E-state index in [1.807, 2.05) is 0 Å². The molecule has 102 valence electrons. The first kappa shape index (κ1) is 11.4. The summed E-state index contributed by atoms with van der Waals surface area (Å²) in [5.41, 5.74) is 1.21. The SMILES string of the molecule is O=C(Nn1cccn1)C12CC3CC(CC(F)(C3)C1)C2. The van der Waals surface area contributed by atoms with E-state index in [1.165, 1.54) is 4.79 Å². The number of halogens is 1. The van der Waals surface area contributed by atoms with Gasteiger partial charge in [0.15, 0.2) is 0 Å². The number of carbonyl (C=O) groups excluding carboxylic acids is 1. The number of nitrogens with one attached hydrogen (secondary N) is 1. The van der Waals surface area contributed by atoms with Crippen LogP contribution in [-0.2, 0) is 4.79 Å². The van der Waals surface area contributed by atoms with Gasteiger partial charge in [-0.25, -0.2) is 9.82 Å². The van der Waals surface area contributed by atoms with Crippen LogP contribution in [0.15, 0.2) is 18.5 Å². The van der Waals surface area contributed by atoms with Crippen molar-refractivity contribution in [2.75, 3.05) is 5.43 Å². The van der Waals surface area contributed by atoms with Crippen LogP contribution in [0.3, 0.4) is 0 Å². The summed E-state index contributed by atoms with van der Waals surface area (Å²) in [4.78, 5) is 14.0. The zero-order valence-electron chi connectivity index (χ0n) is 10.8. The summed E-state index contributed by atoms with van der Waals surface area (Å²) in [7, 11) is 0. The highest BCUT2D eigenvalue weighted by atomic mass is 19.1. The molecule has 4 fully saturated rings. The van der Waals surface area contributed by atoms with Crippen LogP contribution in [-0.4, -0.2) is 21.5 Å². The summed E-state index contributed by atoms with van der Waals surface area (Å²) >= 11 is 0. The summed E-state index contributed by atoms with van der Waals surface area (Å²) in [5.74, 6) is 0.747. The van der Waals surface area contributed by atoms with E-state index in [4.69, 9.17) is 0 Å². The summed E-state index contributed by atoms with van der Waals surface area (Å²) in [5, 5.41) is 3.99. The highest BCUT2D eigenvalue weighted by Gasteiger charge is 2.61. The Kier molecular flexibility index (Phi) is 2.16. The van der Waals surface area contributed by atoms with Gasteiger partial charge < -0.3 is 0 Å². The molecule has 5 rings (SSSR count). The molecule has 1 aromatic heterocycles. The van der Waals surface area contributed by atoms with Gasteiger partial charge in [-0.1, -0.05) is 0 Å². The number of hydrogen-bond donors (Lipinski definition) is 1. The maximum atomic E-state index is 14.8. The Morgan fingerprint density at radius 3 is 2.63 bits per heavy atom. The molecule has 1 amide bonds. The van der Waals surface area contributed by atoms with E-state index >= 15 is 0 Å². The van der Waals surface area contributed by atoms with Crippen LogP contribution >= 0.6 is 0 Å². The first-order valence-corrected chi connectivity index (χ1v) is 7.07. The molecule has 4 aliphatic carbocycles. The fraction of sp³-hybridized carbons (Fsp3) is 0.714. The van der Waals surface area contributed by atoms with Gasteiger partial charge in [-0.15, -0.1) is 0 Å². The predicted octanol–water partition coefficient (Wildman–Crippen LogP) is 2.26. The molecule has 4 bridgehead atoms. The number of rotatable bonds is 2. The van der Waals surface area contributed by atoms with Crippen LogP contribution in [0.1, 0.15) is 38.5 Å². The minimum absolute atomic E-state index is 0.0488. The highest BCUT2D eigenvalue weighted by molar-refractivity contribution is 5.90. The Bertz CT molecular complexity index is 499. The van der Waals surface area contributed by atoms with Gasteiger partial charge in [-0.2, -0.15) is 9.89 Å². The van der Waals surface area contributed by atoms with Crippen molar-refractivity contribution in [2.24, 2.45) is 17.3 Å². The summed E-state index contributed by atoms with van der Waals surface area (Å²) in [6.07, 6.45) is 7.87. The van der Waals surface area contributed by atoms with E-state index in [-0.39, 0.29) is 5.91 Å². The molecule has 0 aliphatic heterocycles. The largest absolute Gasteiger partial charge is 0.273 e. The molecule has 0 radical (unpaired) electrons.